The van der Waals surface area contributed by atoms with Crippen LogP contribution in [0.15, 0.2) is 30.5 Å². The van der Waals surface area contributed by atoms with Crippen molar-refractivity contribution in [2.24, 2.45) is 5.41 Å². The number of nitrogens with zero attached hydrogens (tertiary/aromatic N) is 2. The summed E-state index contributed by atoms with van der Waals surface area (Å²) in [6.07, 6.45) is 2.11. The molecule has 4 nitrogen and oxygen atoms in total. The van der Waals surface area contributed by atoms with Crippen molar-refractivity contribution in [3.63, 3.8) is 0 Å². The number of amides is 1. The molecule has 0 saturated carbocycles. The van der Waals surface area contributed by atoms with Gasteiger partial charge in [0.2, 0.25) is 5.91 Å². The minimum atomic E-state index is 0.136. The number of halogens is 1. The number of carbonyl (C=O) groups excluding carboxylic acids is 1. The van der Waals surface area contributed by atoms with Crippen molar-refractivity contribution in [1.82, 2.24) is 10.2 Å². The van der Waals surface area contributed by atoms with Gasteiger partial charge >= 0.3 is 0 Å². The summed E-state index contributed by atoms with van der Waals surface area (Å²) in [6, 6.07) is 6.14. The first-order chi connectivity index (χ1) is 13.1. The maximum atomic E-state index is 12.4. The van der Waals surface area contributed by atoms with Gasteiger partial charge < -0.3 is 15.1 Å². The molecule has 0 radical (unpaired) electrons. The molecule has 1 aliphatic heterocycles. The zero-order valence-electron chi connectivity index (χ0n) is 18.6. The number of hydrogen-bond donors (Lipinski definition) is 1. The Morgan fingerprint density at radius 3 is 2.25 bits per heavy atom. The van der Waals surface area contributed by atoms with E-state index >= 15 is 0 Å². The van der Waals surface area contributed by atoms with Crippen molar-refractivity contribution in [3.05, 3.63) is 41.1 Å². The maximum Gasteiger partial charge on any atom is 0.241 e. The Bertz CT molecular complexity index is 644. The standard InChI is InChI=1S/C20H30ClN3O.C3H8/c1-15-6-7-17(12-18(15)21)23-8-10-24(11-9-23)19(25)14-22-16(2)13-20(3,4)5;1-3-2/h6-7,12,22H,2,8-11,13-14H2,1,3-5H3;3H2,1-2H3. The zero-order chi connectivity index (χ0) is 21.3. The second kappa shape index (κ2) is 11.4. The summed E-state index contributed by atoms with van der Waals surface area (Å²) in [6.45, 7) is 20.2. The Kier molecular flexibility index (Phi) is 9.88. The van der Waals surface area contributed by atoms with Crippen molar-refractivity contribution in [1.29, 1.82) is 0 Å². The highest BCUT2D eigenvalue weighted by molar-refractivity contribution is 6.31. The van der Waals surface area contributed by atoms with Crippen molar-refractivity contribution in [3.8, 4) is 0 Å². The Balaban J connectivity index is 0.00000122. The fourth-order valence-electron chi connectivity index (χ4n) is 3.01. The van der Waals surface area contributed by atoms with Crippen LogP contribution in [0.5, 0.6) is 0 Å². The van der Waals surface area contributed by atoms with E-state index in [-0.39, 0.29) is 11.3 Å². The molecule has 0 atom stereocenters. The number of allylic oxidation sites excluding steroid dienone is 1. The predicted molar refractivity (Wildman–Crippen MR) is 122 cm³/mol. The SMILES string of the molecule is C=C(CC(C)(C)C)NCC(=O)N1CCN(c2ccc(C)c(Cl)c2)CC1.CCC. The van der Waals surface area contributed by atoms with Crippen LogP contribution in [0.4, 0.5) is 5.69 Å². The summed E-state index contributed by atoms with van der Waals surface area (Å²) < 4.78 is 0. The van der Waals surface area contributed by atoms with Crippen molar-refractivity contribution in [2.75, 3.05) is 37.6 Å². The molecule has 0 bridgehead atoms. The molecule has 1 aromatic carbocycles. The van der Waals surface area contributed by atoms with Crippen LogP contribution in [0.3, 0.4) is 0 Å². The first-order valence-electron chi connectivity index (χ1n) is 10.3. The van der Waals surface area contributed by atoms with Gasteiger partial charge in [-0.05, 0) is 36.5 Å². The summed E-state index contributed by atoms with van der Waals surface area (Å²) in [5, 5.41) is 3.97. The lowest BCUT2D eigenvalue weighted by molar-refractivity contribution is -0.130. The van der Waals surface area contributed by atoms with E-state index in [2.05, 4.69) is 57.5 Å². The van der Waals surface area contributed by atoms with Crippen LogP contribution in [-0.2, 0) is 4.79 Å². The van der Waals surface area contributed by atoms with E-state index in [1.807, 2.05) is 24.0 Å². The van der Waals surface area contributed by atoms with Gasteiger partial charge in [0, 0.05) is 42.6 Å². The molecule has 158 valence electrons. The molecular formula is C23H38ClN3O. The minimum absolute atomic E-state index is 0.136. The van der Waals surface area contributed by atoms with Gasteiger partial charge in [0.05, 0.1) is 6.54 Å². The number of benzene rings is 1. The van der Waals surface area contributed by atoms with E-state index in [0.717, 1.165) is 54.6 Å². The normalized spacial score (nSPS) is 14.2. The van der Waals surface area contributed by atoms with Crippen molar-refractivity contribution < 1.29 is 4.79 Å². The second-order valence-electron chi connectivity index (χ2n) is 8.70. The molecule has 1 heterocycles. The average molecular weight is 408 g/mol. The molecule has 1 aromatic rings. The molecule has 1 aliphatic rings. The number of rotatable bonds is 5. The molecule has 5 heteroatoms. The lowest BCUT2D eigenvalue weighted by atomic mass is 9.91. The third-order valence-electron chi connectivity index (χ3n) is 4.39. The van der Waals surface area contributed by atoms with Gasteiger partial charge in [-0.15, -0.1) is 0 Å². The molecule has 28 heavy (non-hydrogen) atoms. The fraction of sp³-hybridized carbons (Fsp3) is 0.609. The van der Waals surface area contributed by atoms with E-state index in [9.17, 15) is 4.79 Å². The van der Waals surface area contributed by atoms with Gasteiger partial charge in [0.25, 0.3) is 0 Å². The van der Waals surface area contributed by atoms with Crippen molar-refractivity contribution >= 4 is 23.2 Å². The lowest BCUT2D eigenvalue weighted by Crippen LogP contribution is -2.50. The second-order valence-corrected chi connectivity index (χ2v) is 9.11. The summed E-state index contributed by atoms with van der Waals surface area (Å²) in [5.41, 5.74) is 3.31. The first kappa shape index (κ1) is 24.4. The minimum Gasteiger partial charge on any atom is -0.380 e. The molecule has 1 N–H and O–H groups in total. The van der Waals surface area contributed by atoms with E-state index in [1.54, 1.807) is 0 Å². The predicted octanol–water partition coefficient (Wildman–Crippen LogP) is 5.25. The highest BCUT2D eigenvalue weighted by Gasteiger charge is 2.22. The van der Waals surface area contributed by atoms with Crippen molar-refractivity contribution in [2.45, 2.75) is 54.4 Å². The Morgan fingerprint density at radius 1 is 1.18 bits per heavy atom. The van der Waals surface area contributed by atoms with Gasteiger partial charge in [-0.3, -0.25) is 4.79 Å². The lowest BCUT2D eigenvalue weighted by Gasteiger charge is -2.36. The molecule has 0 aliphatic carbocycles. The van der Waals surface area contributed by atoms with E-state index in [1.165, 1.54) is 6.42 Å². The summed E-state index contributed by atoms with van der Waals surface area (Å²) in [5.74, 6) is 0.136. The van der Waals surface area contributed by atoms with E-state index in [4.69, 9.17) is 11.6 Å². The quantitative estimate of drug-likeness (QED) is 0.723. The Hall–Kier alpha value is -1.68. The number of carbonyl (C=O) groups is 1. The maximum absolute atomic E-state index is 12.4. The van der Waals surface area contributed by atoms with Crippen LogP contribution in [0.25, 0.3) is 0 Å². The smallest absolute Gasteiger partial charge is 0.241 e. The third-order valence-corrected chi connectivity index (χ3v) is 4.79. The van der Waals surface area contributed by atoms with Crippen LogP contribution >= 0.6 is 11.6 Å². The highest BCUT2D eigenvalue weighted by Crippen LogP contribution is 2.24. The summed E-state index contributed by atoms with van der Waals surface area (Å²) in [7, 11) is 0. The van der Waals surface area contributed by atoms with Crippen LogP contribution < -0.4 is 10.2 Å². The number of piperazine rings is 1. The molecular weight excluding hydrogens is 370 g/mol. The van der Waals surface area contributed by atoms with Crippen LogP contribution in [0.1, 0.15) is 53.0 Å². The number of anilines is 1. The van der Waals surface area contributed by atoms with Gasteiger partial charge in [0.1, 0.15) is 0 Å². The summed E-state index contributed by atoms with van der Waals surface area (Å²) >= 11 is 6.22. The zero-order valence-corrected chi connectivity index (χ0v) is 19.3. The van der Waals surface area contributed by atoms with Gasteiger partial charge in [0.15, 0.2) is 0 Å². The molecule has 2 rings (SSSR count). The van der Waals surface area contributed by atoms with E-state index < -0.39 is 0 Å². The fourth-order valence-corrected chi connectivity index (χ4v) is 3.18. The molecule has 1 fully saturated rings. The number of hydrogen-bond acceptors (Lipinski definition) is 3. The monoisotopic (exact) mass is 407 g/mol. The first-order valence-corrected chi connectivity index (χ1v) is 10.7. The van der Waals surface area contributed by atoms with E-state index in [0.29, 0.717) is 6.54 Å². The van der Waals surface area contributed by atoms with Gasteiger partial charge in [-0.1, -0.05) is 65.3 Å². The molecule has 0 aromatic heterocycles. The Morgan fingerprint density at radius 2 is 1.75 bits per heavy atom. The molecule has 0 unspecified atom stereocenters. The largest absolute Gasteiger partial charge is 0.380 e. The number of nitrogens with one attached hydrogen (secondary N) is 1. The highest BCUT2D eigenvalue weighted by atomic mass is 35.5. The average Bonchev–Trinajstić information content (AvgIpc) is 2.61. The van der Waals surface area contributed by atoms with Gasteiger partial charge in [-0.25, -0.2) is 0 Å². The van der Waals surface area contributed by atoms with Crippen LogP contribution in [0.2, 0.25) is 5.02 Å². The van der Waals surface area contributed by atoms with Gasteiger partial charge in [-0.2, -0.15) is 0 Å². The molecule has 1 amide bonds. The molecule has 1 saturated heterocycles. The Labute approximate surface area is 176 Å². The van der Waals surface area contributed by atoms with Crippen LogP contribution in [-0.4, -0.2) is 43.5 Å². The van der Waals surface area contributed by atoms with Crippen LogP contribution in [0, 0.1) is 12.3 Å². The topological polar surface area (TPSA) is 35.6 Å². The summed E-state index contributed by atoms with van der Waals surface area (Å²) in [4.78, 5) is 16.6. The third kappa shape index (κ3) is 8.55. The molecule has 0 spiro atoms. The number of aryl methyl sites for hydroxylation is 1.